The Kier molecular flexibility index (Phi) is 7.97. The first-order valence-corrected chi connectivity index (χ1v) is 13.1. The Bertz CT molecular complexity index is 1430. The Hall–Kier alpha value is -3.98. The maximum Gasteiger partial charge on any atom is 0.525 e. The standard InChI is InChI=1S/C27H28NO9P/c1-16-21(10-17-11-24(34-3)27(25(12-17)35-4)37-38(30,31)32)20-8-7-18(33-2)13-23(20)22(16)14-26(29)28-15-19-6-5-9-36-19/h5-13H,14-15H2,1-4H3,(H,28,29)(H2,30,31,32)/b21-10-. The summed E-state index contributed by atoms with van der Waals surface area (Å²) in [6.45, 7) is 2.22. The monoisotopic (exact) mass is 541 g/mol. The van der Waals surface area contributed by atoms with Crippen LogP contribution in [-0.4, -0.2) is 37.0 Å². The van der Waals surface area contributed by atoms with Crippen LogP contribution in [0.1, 0.15) is 35.8 Å². The number of amides is 1. The Morgan fingerprint density at radius 3 is 2.32 bits per heavy atom. The van der Waals surface area contributed by atoms with Crippen LogP contribution < -0.4 is 24.1 Å². The quantitative estimate of drug-likeness (QED) is 0.309. The van der Waals surface area contributed by atoms with E-state index < -0.39 is 7.82 Å². The lowest BCUT2D eigenvalue weighted by atomic mass is 10.00. The molecule has 0 atom stereocenters. The second-order valence-electron chi connectivity index (χ2n) is 8.44. The number of ether oxygens (including phenoxy) is 3. The average molecular weight is 541 g/mol. The third kappa shape index (κ3) is 5.94. The van der Waals surface area contributed by atoms with Crippen LogP contribution in [0.4, 0.5) is 0 Å². The van der Waals surface area contributed by atoms with E-state index in [1.807, 2.05) is 31.2 Å². The molecule has 0 aliphatic heterocycles. The van der Waals surface area contributed by atoms with Crippen molar-refractivity contribution in [1.82, 2.24) is 5.32 Å². The van der Waals surface area contributed by atoms with Gasteiger partial charge in [-0.2, -0.15) is 0 Å². The van der Waals surface area contributed by atoms with Gasteiger partial charge >= 0.3 is 7.82 Å². The summed E-state index contributed by atoms with van der Waals surface area (Å²) in [4.78, 5) is 31.4. The highest BCUT2D eigenvalue weighted by molar-refractivity contribution is 7.46. The molecule has 1 aromatic heterocycles. The number of furan rings is 1. The van der Waals surface area contributed by atoms with E-state index in [-0.39, 0.29) is 36.1 Å². The molecule has 2 aromatic carbocycles. The smallest absolute Gasteiger partial charge is 0.497 e. The fourth-order valence-electron chi connectivity index (χ4n) is 4.30. The number of allylic oxidation sites excluding steroid dienone is 2. The first-order valence-electron chi connectivity index (χ1n) is 11.5. The van der Waals surface area contributed by atoms with Crippen molar-refractivity contribution in [3.63, 3.8) is 0 Å². The summed E-state index contributed by atoms with van der Waals surface area (Å²) < 4.78 is 37.6. The van der Waals surface area contributed by atoms with Gasteiger partial charge in [-0.15, -0.1) is 0 Å². The van der Waals surface area contributed by atoms with Crippen LogP contribution in [0.5, 0.6) is 23.0 Å². The molecule has 0 bridgehead atoms. The summed E-state index contributed by atoms with van der Waals surface area (Å²) >= 11 is 0. The van der Waals surface area contributed by atoms with Crippen LogP contribution in [0, 0.1) is 0 Å². The van der Waals surface area contributed by atoms with Crippen molar-refractivity contribution in [3.05, 3.63) is 76.8 Å². The molecule has 3 aromatic rings. The van der Waals surface area contributed by atoms with E-state index in [9.17, 15) is 19.1 Å². The minimum Gasteiger partial charge on any atom is -0.497 e. The zero-order valence-corrected chi connectivity index (χ0v) is 22.2. The van der Waals surface area contributed by atoms with Crippen LogP contribution in [0.15, 0.2) is 58.7 Å². The summed E-state index contributed by atoms with van der Waals surface area (Å²) in [5.41, 5.74) is 5.03. The number of phosphoric ester groups is 1. The van der Waals surface area contributed by atoms with Crippen molar-refractivity contribution in [2.24, 2.45) is 0 Å². The summed E-state index contributed by atoms with van der Waals surface area (Å²) in [5, 5.41) is 2.88. The number of phosphoric acid groups is 1. The molecule has 1 aliphatic rings. The summed E-state index contributed by atoms with van der Waals surface area (Å²) in [5.74, 6) is 1.13. The number of benzene rings is 2. The van der Waals surface area contributed by atoms with Gasteiger partial charge in [0.05, 0.1) is 40.6 Å². The molecule has 0 radical (unpaired) electrons. The predicted molar refractivity (Wildman–Crippen MR) is 141 cm³/mol. The van der Waals surface area contributed by atoms with Crippen LogP contribution in [0.2, 0.25) is 0 Å². The summed E-state index contributed by atoms with van der Waals surface area (Å²) in [7, 11) is -0.551. The summed E-state index contributed by atoms with van der Waals surface area (Å²) in [6, 6.07) is 12.4. The molecule has 38 heavy (non-hydrogen) atoms. The minimum atomic E-state index is -4.86. The molecule has 0 fully saturated rings. The van der Waals surface area contributed by atoms with Crippen molar-refractivity contribution in [3.8, 4) is 23.0 Å². The van der Waals surface area contributed by atoms with Gasteiger partial charge in [0, 0.05) is 0 Å². The maximum atomic E-state index is 12.8. The highest BCUT2D eigenvalue weighted by atomic mass is 31.2. The highest BCUT2D eigenvalue weighted by Gasteiger charge is 2.27. The molecule has 4 rings (SSSR count). The SMILES string of the molecule is COc1ccc2c(c1)C(CC(=O)NCc1ccco1)=C(C)/C2=C/c1cc(OC)c(OP(=O)(O)O)c(OC)c1. The van der Waals surface area contributed by atoms with Gasteiger partial charge in [-0.05, 0) is 82.8 Å². The van der Waals surface area contributed by atoms with E-state index in [1.54, 1.807) is 37.6 Å². The van der Waals surface area contributed by atoms with Gasteiger partial charge in [-0.25, -0.2) is 4.57 Å². The van der Waals surface area contributed by atoms with Gasteiger partial charge in [0.1, 0.15) is 11.5 Å². The second-order valence-corrected chi connectivity index (χ2v) is 9.61. The number of methoxy groups -OCH3 is 3. The van der Waals surface area contributed by atoms with E-state index in [0.29, 0.717) is 17.1 Å². The van der Waals surface area contributed by atoms with E-state index in [2.05, 4.69) is 5.32 Å². The number of hydrogen-bond donors (Lipinski definition) is 3. The molecular formula is C27H28NO9P. The molecule has 0 unspecified atom stereocenters. The van der Waals surface area contributed by atoms with Crippen LogP contribution in [0.3, 0.4) is 0 Å². The molecule has 200 valence electrons. The third-order valence-electron chi connectivity index (χ3n) is 6.08. The van der Waals surface area contributed by atoms with Gasteiger partial charge in [0.25, 0.3) is 0 Å². The van der Waals surface area contributed by atoms with Crippen LogP contribution >= 0.6 is 7.82 Å². The van der Waals surface area contributed by atoms with Crippen LogP contribution in [-0.2, 0) is 15.9 Å². The van der Waals surface area contributed by atoms with Crippen LogP contribution in [0.25, 0.3) is 17.2 Å². The normalized spacial score (nSPS) is 13.9. The Balaban J connectivity index is 1.74. The largest absolute Gasteiger partial charge is 0.525 e. The van der Waals surface area contributed by atoms with Gasteiger partial charge < -0.3 is 28.5 Å². The van der Waals surface area contributed by atoms with Gasteiger partial charge in [-0.3, -0.25) is 14.6 Å². The van der Waals surface area contributed by atoms with Gasteiger partial charge in [0.15, 0.2) is 11.5 Å². The molecule has 3 N–H and O–H groups in total. The molecule has 11 heteroatoms. The number of nitrogens with one attached hydrogen (secondary N) is 1. The fourth-order valence-corrected chi connectivity index (χ4v) is 4.71. The zero-order valence-electron chi connectivity index (χ0n) is 21.3. The Morgan fingerprint density at radius 1 is 1.03 bits per heavy atom. The lowest BCUT2D eigenvalue weighted by Gasteiger charge is -2.16. The summed E-state index contributed by atoms with van der Waals surface area (Å²) in [6.07, 6.45) is 3.59. The Morgan fingerprint density at radius 2 is 1.74 bits per heavy atom. The molecule has 1 amide bonds. The van der Waals surface area contributed by atoms with Gasteiger partial charge in [-0.1, -0.05) is 6.07 Å². The number of carbonyl (C=O) groups excluding carboxylic acids is 1. The van der Waals surface area contributed by atoms with Crippen molar-refractivity contribution < 1.29 is 42.3 Å². The van der Waals surface area contributed by atoms with E-state index >= 15 is 0 Å². The van der Waals surface area contributed by atoms with E-state index in [1.165, 1.54) is 14.2 Å². The molecule has 1 aliphatic carbocycles. The van der Waals surface area contributed by atoms with Crippen molar-refractivity contribution in [2.45, 2.75) is 19.9 Å². The lowest BCUT2D eigenvalue weighted by Crippen LogP contribution is -2.22. The molecule has 0 spiro atoms. The molecule has 0 saturated heterocycles. The number of hydrogen-bond acceptors (Lipinski definition) is 7. The van der Waals surface area contributed by atoms with Gasteiger partial charge in [0.2, 0.25) is 11.7 Å². The topological polar surface area (TPSA) is 137 Å². The fraction of sp³-hybridized carbons (Fsp3) is 0.222. The third-order valence-corrected chi connectivity index (χ3v) is 6.50. The Labute approximate surface area is 219 Å². The maximum absolute atomic E-state index is 12.8. The minimum absolute atomic E-state index is 0.0895. The zero-order chi connectivity index (χ0) is 27.4. The van der Waals surface area contributed by atoms with Crippen molar-refractivity contribution in [1.29, 1.82) is 0 Å². The first-order chi connectivity index (χ1) is 18.1. The molecule has 0 saturated carbocycles. The van der Waals surface area contributed by atoms with Crippen molar-refractivity contribution in [2.75, 3.05) is 21.3 Å². The van der Waals surface area contributed by atoms with Crippen molar-refractivity contribution >= 4 is 31.0 Å². The predicted octanol–water partition coefficient (Wildman–Crippen LogP) is 4.81. The number of carbonyl (C=O) groups is 1. The van der Waals surface area contributed by atoms with E-state index in [4.69, 9.17) is 23.2 Å². The average Bonchev–Trinajstić information content (AvgIpc) is 3.49. The molecule has 10 nitrogen and oxygen atoms in total. The number of rotatable bonds is 10. The molecular weight excluding hydrogens is 513 g/mol. The molecule has 1 heterocycles. The number of fused-ring (bicyclic) bond motifs is 1. The van der Waals surface area contributed by atoms with E-state index in [0.717, 1.165) is 27.8 Å². The first kappa shape index (κ1) is 27.1. The highest BCUT2D eigenvalue weighted by Crippen LogP contribution is 2.49. The second kappa shape index (κ2) is 11.2. The lowest BCUT2D eigenvalue weighted by molar-refractivity contribution is -0.120.